The largest absolute Gasteiger partial charge is 0.467 e. The summed E-state index contributed by atoms with van der Waals surface area (Å²) in [7, 11) is 0. The van der Waals surface area contributed by atoms with Crippen LogP contribution in [0.4, 0.5) is 0 Å². The molecule has 0 atom stereocenters. The first-order valence-corrected chi connectivity index (χ1v) is 10.8. The van der Waals surface area contributed by atoms with Gasteiger partial charge in [-0.2, -0.15) is 5.10 Å². The van der Waals surface area contributed by atoms with Crippen molar-refractivity contribution in [1.29, 1.82) is 0 Å². The molecule has 0 amide bonds. The monoisotopic (exact) mass is 398 g/mol. The average molecular weight is 399 g/mol. The Morgan fingerprint density at radius 3 is 2.93 bits per heavy atom. The quantitative estimate of drug-likeness (QED) is 0.660. The molecule has 1 aliphatic rings. The lowest BCUT2D eigenvalue weighted by atomic mass is 10.1. The molecule has 7 heteroatoms. The molecule has 0 saturated heterocycles. The van der Waals surface area contributed by atoms with Crippen LogP contribution in [0, 0.1) is 13.8 Å². The molecule has 0 aromatic carbocycles. The fraction of sp³-hybridized carbons (Fsp3) is 0.300. The highest BCUT2D eigenvalue weighted by atomic mass is 32.2. The van der Waals surface area contributed by atoms with Gasteiger partial charge in [-0.15, -0.1) is 11.3 Å². The summed E-state index contributed by atoms with van der Waals surface area (Å²) in [6.07, 6.45) is 2.73. The summed E-state index contributed by atoms with van der Waals surface area (Å²) < 4.78 is 7.71. The number of hydrazone groups is 1. The van der Waals surface area contributed by atoms with Crippen molar-refractivity contribution in [1.82, 2.24) is 9.99 Å². The van der Waals surface area contributed by atoms with Gasteiger partial charge >= 0.3 is 0 Å². The van der Waals surface area contributed by atoms with E-state index < -0.39 is 0 Å². The van der Waals surface area contributed by atoms with Crippen LogP contribution in [-0.2, 0) is 19.5 Å². The maximum Gasteiger partial charge on any atom is 0.177 e. The first-order chi connectivity index (χ1) is 13.2. The van der Waals surface area contributed by atoms with E-state index in [0.29, 0.717) is 6.54 Å². The first-order valence-electron chi connectivity index (χ1n) is 8.92. The van der Waals surface area contributed by atoms with Crippen molar-refractivity contribution in [3.05, 3.63) is 69.6 Å². The number of aromatic nitrogens is 1. The molecule has 0 saturated carbocycles. The topological polar surface area (TPSA) is 54.8 Å². The minimum absolute atomic E-state index is 0.532. The third-order valence-corrected chi connectivity index (χ3v) is 6.48. The lowest BCUT2D eigenvalue weighted by Gasteiger charge is -2.15. The van der Waals surface area contributed by atoms with Crippen LogP contribution in [-0.4, -0.2) is 21.2 Å². The Morgan fingerprint density at radius 1 is 1.30 bits per heavy atom. The number of amidine groups is 1. The maximum absolute atomic E-state index is 5.31. The number of thioether (sulfide) groups is 1. The van der Waals surface area contributed by atoms with Gasteiger partial charge in [-0.3, -0.25) is 10.4 Å². The van der Waals surface area contributed by atoms with Crippen molar-refractivity contribution in [3.8, 4) is 0 Å². The molecule has 4 heterocycles. The summed E-state index contributed by atoms with van der Waals surface area (Å²) in [4.78, 5) is 5.95. The second-order valence-electron chi connectivity index (χ2n) is 6.43. The highest BCUT2D eigenvalue weighted by Gasteiger charge is 2.18. The Balaban J connectivity index is 1.44. The van der Waals surface area contributed by atoms with Gasteiger partial charge in [0.25, 0.3) is 0 Å². The van der Waals surface area contributed by atoms with Crippen molar-refractivity contribution >= 4 is 34.0 Å². The maximum atomic E-state index is 5.31. The number of hydrogen-bond acceptors (Lipinski definition) is 5. The van der Waals surface area contributed by atoms with E-state index in [-0.39, 0.29) is 0 Å². The number of thiophene rings is 1. The van der Waals surface area contributed by atoms with E-state index in [0.717, 1.165) is 35.4 Å². The van der Waals surface area contributed by atoms with Crippen LogP contribution in [0.15, 0.2) is 56.5 Å². The van der Waals surface area contributed by atoms with E-state index in [1.165, 1.54) is 21.8 Å². The van der Waals surface area contributed by atoms with Crippen LogP contribution in [0.2, 0.25) is 0 Å². The number of nitrogens with zero attached hydrogens (tertiary/aromatic N) is 3. The Hall–Kier alpha value is -2.25. The average Bonchev–Trinajstić information content (AvgIpc) is 3.42. The third-order valence-electron chi connectivity index (χ3n) is 4.64. The van der Waals surface area contributed by atoms with Gasteiger partial charge in [-0.05, 0) is 49.9 Å². The highest BCUT2D eigenvalue weighted by Crippen LogP contribution is 2.22. The Morgan fingerprint density at radius 2 is 2.22 bits per heavy atom. The van der Waals surface area contributed by atoms with Gasteiger partial charge in [-0.25, -0.2) is 0 Å². The van der Waals surface area contributed by atoms with Crippen LogP contribution in [0.25, 0.3) is 0 Å². The predicted octanol–water partition coefficient (Wildman–Crippen LogP) is 4.60. The molecule has 140 valence electrons. The van der Waals surface area contributed by atoms with Crippen molar-refractivity contribution in [2.24, 2.45) is 10.1 Å². The zero-order valence-electron chi connectivity index (χ0n) is 15.4. The van der Waals surface area contributed by atoms with Crippen molar-refractivity contribution in [2.75, 3.05) is 5.75 Å². The summed E-state index contributed by atoms with van der Waals surface area (Å²) in [6, 6.07) is 10.4. The lowest BCUT2D eigenvalue weighted by molar-refractivity contribution is 0.512. The van der Waals surface area contributed by atoms with Crippen molar-refractivity contribution < 1.29 is 4.42 Å². The summed E-state index contributed by atoms with van der Waals surface area (Å²) in [6.45, 7) is 5.89. The van der Waals surface area contributed by atoms with E-state index in [1.54, 1.807) is 18.0 Å². The molecule has 0 fully saturated rings. The summed E-state index contributed by atoms with van der Waals surface area (Å²) in [5.74, 6) is 1.67. The highest BCUT2D eigenvalue weighted by molar-refractivity contribution is 8.14. The molecule has 3 aromatic heterocycles. The molecule has 27 heavy (non-hydrogen) atoms. The van der Waals surface area contributed by atoms with E-state index in [1.807, 2.05) is 23.5 Å². The van der Waals surface area contributed by atoms with Gasteiger partial charge in [0, 0.05) is 34.1 Å². The van der Waals surface area contributed by atoms with Gasteiger partial charge in [0.05, 0.1) is 18.5 Å². The number of hydrogen-bond donors (Lipinski definition) is 1. The Kier molecular flexibility index (Phi) is 5.50. The fourth-order valence-corrected chi connectivity index (χ4v) is 4.66. The van der Waals surface area contributed by atoms with E-state index in [9.17, 15) is 0 Å². The SMILES string of the molecule is Cc1cc(C2=NNC(=NCc3ccco3)SC2)c(C)n1CCc1cccs1. The second-order valence-corrected chi connectivity index (χ2v) is 8.42. The molecule has 5 nitrogen and oxygen atoms in total. The molecular weight excluding hydrogens is 376 g/mol. The summed E-state index contributed by atoms with van der Waals surface area (Å²) >= 11 is 3.50. The Bertz CT molecular complexity index is 953. The molecule has 0 spiro atoms. The lowest BCUT2D eigenvalue weighted by Crippen LogP contribution is -2.25. The van der Waals surface area contributed by atoms with Crippen LogP contribution >= 0.6 is 23.1 Å². The van der Waals surface area contributed by atoms with Crippen LogP contribution in [0.3, 0.4) is 0 Å². The molecule has 3 aromatic rings. The molecule has 0 bridgehead atoms. The Labute approximate surface area is 167 Å². The molecule has 4 rings (SSSR count). The first kappa shape index (κ1) is 18.1. The number of furan rings is 1. The van der Waals surface area contributed by atoms with Crippen LogP contribution in [0.5, 0.6) is 0 Å². The molecule has 0 aliphatic carbocycles. The number of nitrogens with one attached hydrogen (secondary N) is 1. The number of aliphatic imine (C=N–C) groups is 1. The van der Waals surface area contributed by atoms with Crippen molar-refractivity contribution in [3.63, 3.8) is 0 Å². The van der Waals surface area contributed by atoms with Gasteiger partial charge in [0.15, 0.2) is 5.17 Å². The standard InChI is InChI=1S/C20H22N4OS2/c1-14-11-18(15(2)24(14)8-7-17-6-4-10-26-17)19-13-27-20(23-22-19)21-12-16-5-3-9-25-16/h3-6,9-11H,7-8,12-13H2,1-2H3,(H,21,23). The predicted molar refractivity (Wildman–Crippen MR) is 114 cm³/mol. The normalized spacial score (nSPS) is 15.8. The van der Waals surface area contributed by atoms with Crippen LogP contribution < -0.4 is 5.43 Å². The van der Waals surface area contributed by atoms with E-state index >= 15 is 0 Å². The zero-order valence-corrected chi connectivity index (χ0v) is 17.1. The summed E-state index contributed by atoms with van der Waals surface area (Å²) in [5.41, 5.74) is 7.95. The minimum atomic E-state index is 0.532. The number of rotatable bonds is 6. The van der Waals surface area contributed by atoms with Gasteiger partial charge in [0.2, 0.25) is 0 Å². The number of aryl methyl sites for hydroxylation is 2. The molecular formula is C20H22N4OS2. The molecule has 0 unspecified atom stereocenters. The molecule has 0 radical (unpaired) electrons. The van der Waals surface area contributed by atoms with Crippen molar-refractivity contribution in [2.45, 2.75) is 33.4 Å². The minimum Gasteiger partial charge on any atom is -0.467 e. The van der Waals surface area contributed by atoms with E-state index in [2.05, 4.69) is 57.5 Å². The zero-order chi connectivity index (χ0) is 18.6. The third kappa shape index (κ3) is 4.20. The smallest absolute Gasteiger partial charge is 0.177 e. The second kappa shape index (κ2) is 8.19. The van der Waals surface area contributed by atoms with Gasteiger partial charge in [0.1, 0.15) is 5.76 Å². The van der Waals surface area contributed by atoms with Crippen LogP contribution in [0.1, 0.15) is 27.6 Å². The summed E-state index contributed by atoms with van der Waals surface area (Å²) in [5, 5.41) is 7.55. The van der Waals surface area contributed by atoms with E-state index in [4.69, 9.17) is 4.42 Å². The molecule has 1 N–H and O–H groups in total. The van der Waals surface area contributed by atoms with Gasteiger partial charge in [-0.1, -0.05) is 17.8 Å². The fourth-order valence-electron chi connectivity index (χ4n) is 3.20. The van der Waals surface area contributed by atoms with Gasteiger partial charge < -0.3 is 8.98 Å². The molecule has 1 aliphatic heterocycles.